The Morgan fingerprint density at radius 3 is 1.46 bits per heavy atom. The maximum Gasteiger partial charge on any atom is 0.146 e. The van der Waals surface area contributed by atoms with Crippen LogP contribution in [0.2, 0.25) is 0 Å². The summed E-state index contributed by atoms with van der Waals surface area (Å²) in [5, 5.41) is 7.41. The molecule has 0 aromatic carbocycles. The molecule has 0 heterocycles. The third-order valence-electron chi connectivity index (χ3n) is 4.08. The van der Waals surface area contributed by atoms with Gasteiger partial charge in [0.1, 0.15) is 11.6 Å². The molecule has 0 rings (SSSR count). The Kier molecular flexibility index (Phi) is 41.5. The number of hydrogen-bond donors (Lipinski definition) is 3. The van der Waals surface area contributed by atoms with E-state index in [2.05, 4.69) is 6.92 Å². The summed E-state index contributed by atoms with van der Waals surface area (Å²) in [5.41, 5.74) is 11.9. The van der Waals surface area contributed by atoms with E-state index in [1.165, 1.54) is 26.2 Å². The molecule has 2 atom stereocenters. The molecule has 0 spiro atoms. The molecule has 0 fully saturated rings. The van der Waals surface area contributed by atoms with Crippen molar-refractivity contribution in [2.75, 3.05) is 0 Å². The van der Waals surface area contributed by atoms with Crippen molar-refractivity contribution in [3.05, 3.63) is 0 Å². The van der Waals surface area contributed by atoms with Crippen molar-refractivity contribution in [3.8, 4) is 0 Å². The zero-order chi connectivity index (χ0) is 19.0. The predicted octanol–water partition coefficient (Wildman–Crippen LogP) is 6.31. The van der Waals surface area contributed by atoms with Gasteiger partial charge in [-0.3, -0.25) is 9.59 Å². The first kappa shape index (κ1) is 41.3. The molecule has 28 heavy (non-hydrogen) atoms. The number of unbranched alkanes of at least 4 members (excludes halogenated alkanes) is 4. The molecule has 0 aromatic heterocycles. The van der Waals surface area contributed by atoms with E-state index in [0.29, 0.717) is 0 Å². The van der Waals surface area contributed by atoms with Gasteiger partial charge in [-0.05, 0) is 46.0 Å². The Morgan fingerprint density at radius 1 is 0.750 bits per heavy atom. The van der Waals surface area contributed by atoms with Gasteiger partial charge in [0, 0.05) is 5.71 Å². The lowest BCUT2D eigenvalue weighted by Gasteiger charge is -2.06. The monoisotopic (exact) mass is 405 g/mol. The topological polar surface area (TPSA) is 110 Å². The highest BCUT2D eigenvalue weighted by Crippen LogP contribution is 2.05. The summed E-state index contributed by atoms with van der Waals surface area (Å²) in [5.74, 6) is 0.173. The van der Waals surface area contributed by atoms with Crippen LogP contribution >= 0.6 is 0 Å². The van der Waals surface area contributed by atoms with Crippen LogP contribution in [0.15, 0.2) is 0 Å². The number of nitrogens with one attached hydrogen (secondary N) is 1. The van der Waals surface area contributed by atoms with E-state index in [1.54, 1.807) is 6.92 Å². The lowest BCUT2D eigenvalue weighted by atomic mass is 10.0. The second kappa shape index (κ2) is 28.1. The zero-order valence-electron chi connectivity index (χ0n) is 16.2. The molecule has 174 valence electrons. The summed E-state index contributed by atoms with van der Waals surface area (Å²) in [4.78, 5) is 21.4. The normalized spacial score (nSPS) is 10.9. The number of Topliss-reactive ketones (excluding diaryl/α,β-unsaturated/α-hetero) is 2. The molecule has 0 aliphatic heterocycles. The van der Waals surface area contributed by atoms with Gasteiger partial charge in [0.15, 0.2) is 0 Å². The maximum atomic E-state index is 10.8. The summed E-state index contributed by atoms with van der Waals surface area (Å²) in [7, 11) is 0. The van der Waals surface area contributed by atoms with Gasteiger partial charge in [-0.2, -0.15) is 0 Å². The van der Waals surface area contributed by atoms with E-state index in [-0.39, 0.29) is 53.4 Å². The van der Waals surface area contributed by atoms with Crippen LogP contribution in [-0.2, 0) is 9.59 Å². The van der Waals surface area contributed by atoms with Crippen LogP contribution in [-0.4, -0.2) is 29.4 Å². The molecular weight excluding hydrogens is 350 g/mol. The highest BCUT2D eigenvalue weighted by atomic mass is 16.1. The van der Waals surface area contributed by atoms with Gasteiger partial charge in [-0.25, -0.2) is 0 Å². The van der Waals surface area contributed by atoms with Crippen molar-refractivity contribution in [1.29, 1.82) is 5.41 Å². The van der Waals surface area contributed by atoms with Crippen LogP contribution in [0.5, 0.6) is 0 Å². The van der Waals surface area contributed by atoms with Gasteiger partial charge in [-0.1, -0.05) is 75.7 Å². The summed E-state index contributed by atoms with van der Waals surface area (Å²) in [6, 6.07) is -0.511. The number of carbonyl (C=O) groups excluding carboxylic acids is 2. The molecule has 0 saturated heterocycles. The first-order valence-corrected chi connectivity index (χ1v) is 9.34. The van der Waals surface area contributed by atoms with Crippen LogP contribution in [0.4, 0.5) is 0 Å². The van der Waals surface area contributed by atoms with Gasteiger partial charge < -0.3 is 16.9 Å². The van der Waals surface area contributed by atoms with Crippen LogP contribution in [0.3, 0.4) is 0 Å². The molecule has 2 unspecified atom stereocenters. The van der Waals surface area contributed by atoms with Crippen molar-refractivity contribution < 1.29 is 9.59 Å². The van der Waals surface area contributed by atoms with E-state index < -0.39 is 0 Å². The SMILES string of the molecule is C.C.C.C.CCC(=N)CCCCC(N)C(C)=O.CCCCCCC(N)C(C)=O. The smallest absolute Gasteiger partial charge is 0.146 e. The fraction of sp³-hybridized carbons (Fsp3) is 0.870. The van der Waals surface area contributed by atoms with Gasteiger partial charge >= 0.3 is 0 Å². The highest BCUT2D eigenvalue weighted by molar-refractivity contribution is 5.81. The molecule has 0 aromatic rings. The van der Waals surface area contributed by atoms with E-state index in [9.17, 15) is 9.59 Å². The number of carbonyl (C=O) groups is 2. The lowest BCUT2D eigenvalue weighted by Crippen LogP contribution is -2.27. The van der Waals surface area contributed by atoms with Crippen LogP contribution < -0.4 is 11.5 Å². The minimum atomic E-state index is -0.296. The number of nitrogens with two attached hydrogens (primary N) is 2. The first-order valence-electron chi connectivity index (χ1n) is 9.34. The third kappa shape index (κ3) is 29.7. The Bertz CT molecular complexity index is 358. The highest BCUT2D eigenvalue weighted by Gasteiger charge is 2.07. The van der Waals surface area contributed by atoms with E-state index >= 15 is 0 Å². The molecule has 0 saturated carbocycles. The predicted molar refractivity (Wildman–Crippen MR) is 129 cm³/mol. The number of ketones is 2. The van der Waals surface area contributed by atoms with E-state index in [0.717, 1.165) is 50.7 Å². The molecule has 0 amide bonds. The second-order valence-electron chi connectivity index (χ2n) is 6.49. The summed E-state index contributed by atoms with van der Waals surface area (Å²) in [6.45, 7) is 7.25. The molecule has 5 nitrogen and oxygen atoms in total. The molecule has 5 heteroatoms. The largest absolute Gasteiger partial charge is 0.322 e. The molecule has 5 N–H and O–H groups in total. The molecule has 0 bridgehead atoms. The summed E-state index contributed by atoms with van der Waals surface area (Å²) in [6.07, 6.45) is 10.0. The fourth-order valence-electron chi connectivity index (χ4n) is 2.08. The Hall–Kier alpha value is -1.07. The summed E-state index contributed by atoms with van der Waals surface area (Å²) < 4.78 is 0. The van der Waals surface area contributed by atoms with Crippen molar-refractivity contribution in [1.82, 2.24) is 0 Å². The number of rotatable bonds is 13. The molecular formula is C23H55N3O2. The zero-order valence-corrected chi connectivity index (χ0v) is 16.2. The van der Waals surface area contributed by atoms with Crippen LogP contribution in [0, 0.1) is 5.41 Å². The first-order chi connectivity index (χ1) is 11.3. The standard InChI is InChI=1S/C10H20N2O.C9H19NO.4CH4/c1-3-9(11)6-4-5-7-10(12)8(2)13;1-3-4-5-6-7-9(10)8(2)11;;;;/h10-11H,3-7,12H2,1-2H3;9H,3-7,10H2,1-2H3;4*1H4. The van der Waals surface area contributed by atoms with Gasteiger partial charge in [-0.15, -0.1) is 0 Å². The quantitative estimate of drug-likeness (QED) is 0.246. The Balaban J connectivity index is -0.0000000764. The second-order valence-corrected chi connectivity index (χ2v) is 6.49. The van der Waals surface area contributed by atoms with Crippen molar-refractivity contribution >= 4 is 17.3 Å². The number of hydrogen-bond acceptors (Lipinski definition) is 5. The van der Waals surface area contributed by atoms with Crippen LogP contribution in [0.1, 0.15) is 122 Å². The van der Waals surface area contributed by atoms with Gasteiger partial charge in [0.05, 0.1) is 12.1 Å². The molecule has 0 aliphatic rings. The van der Waals surface area contributed by atoms with Crippen molar-refractivity contribution in [3.63, 3.8) is 0 Å². The average molecular weight is 406 g/mol. The van der Waals surface area contributed by atoms with Crippen molar-refractivity contribution in [2.24, 2.45) is 11.5 Å². The van der Waals surface area contributed by atoms with Gasteiger partial charge in [0.25, 0.3) is 0 Å². The Morgan fingerprint density at radius 2 is 1.14 bits per heavy atom. The van der Waals surface area contributed by atoms with Crippen molar-refractivity contribution in [2.45, 2.75) is 134 Å². The third-order valence-corrected chi connectivity index (χ3v) is 4.08. The maximum absolute atomic E-state index is 10.8. The molecule has 0 aliphatic carbocycles. The van der Waals surface area contributed by atoms with Crippen LogP contribution in [0.25, 0.3) is 0 Å². The molecule has 0 radical (unpaired) electrons. The average Bonchev–Trinajstić information content (AvgIpc) is 2.55. The Labute approximate surface area is 177 Å². The lowest BCUT2D eigenvalue weighted by molar-refractivity contribution is -0.119. The van der Waals surface area contributed by atoms with E-state index in [1.807, 2.05) is 6.92 Å². The summed E-state index contributed by atoms with van der Waals surface area (Å²) >= 11 is 0. The minimum absolute atomic E-state index is 0. The van der Waals surface area contributed by atoms with E-state index in [4.69, 9.17) is 16.9 Å². The van der Waals surface area contributed by atoms with Gasteiger partial charge in [0.2, 0.25) is 0 Å². The fourth-order valence-corrected chi connectivity index (χ4v) is 2.08. The minimum Gasteiger partial charge on any atom is -0.322 e.